The molecule has 1 rings (SSSR count). The highest BCUT2D eigenvalue weighted by atomic mass is 35.5. The molecular formula is C12H22ClF3N2O. The van der Waals surface area contributed by atoms with Gasteiger partial charge in [0.1, 0.15) is 0 Å². The molecule has 0 spiro atoms. The standard InChI is InChI=1S/C12H21F3N2O.ClH/c13-12(14,15)7-6-11(18)17-10(8-16)9-4-2-1-3-5-9;/h9-10H,1-8,16H2,(H,17,18);1H. The van der Waals surface area contributed by atoms with Gasteiger partial charge in [-0.2, -0.15) is 13.2 Å². The first-order valence-corrected chi connectivity index (χ1v) is 6.48. The Labute approximate surface area is 117 Å². The number of carbonyl (C=O) groups excluding carboxylic acids is 1. The van der Waals surface area contributed by atoms with Crippen LogP contribution in [0.3, 0.4) is 0 Å². The lowest BCUT2D eigenvalue weighted by atomic mass is 9.84. The van der Waals surface area contributed by atoms with Crippen LogP contribution in [-0.2, 0) is 4.79 Å². The minimum atomic E-state index is -4.28. The number of halogens is 4. The highest BCUT2D eigenvalue weighted by Gasteiger charge is 2.29. The molecule has 1 saturated carbocycles. The molecule has 0 aromatic rings. The fraction of sp³-hybridized carbons (Fsp3) is 0.917. The van der Waals surface area contributed by atoms with Gasteiger partial charge in [-0.1, -0.05) is 19.3 Å². The lowest BCUT2D eigenvalue weighted by molar-refractivity contribution is -0.144. The van der Waals surface area contributed by atoms with E-state index in [-0.39, 0.29) is 18.4 Å². The maximum atomic E-state index is 12.0. The van der Waals surface area contributed by atoms with Crippen LogP contribution in [0.1, 0.15) is 44.9 Å². The third-order valence-electron chi connectivity index (χ3n) is 3.45. The Morgan fingerprint density at radius 1 is 1.26 bits per heavy atom. The van der Waals surface area contributed by atoms with Gasteiger partial charge in [0.25, 0.3) is 0 Å². The van der Waals surface area contributed by atoms with Crippen molar-refractivity contribution in [2.75, 3.05) is 6.54 Å². The van der Waals surface area contributed by atoms with E-state index in [1.165, 1.54) is 6.42 Å². The normalized spacial score (nSPS) is 18.5. The summed E-state index contributed by atoms with van der Waals surface area (Å²) in [7, 11) is 0. The molecule has 1 atom stereocenters. The fourth-order valence-corrected chi connectivity index (χ4v) is 2.44. The second-order valence-corrected chi connectivity index (χ2v) is 4.92. The summed E-state index contributed by atoms with van der Waals surface area (Å²) in [4.78, 5) is 11.4. The molecule has 114 valence electrons. The molecule has 1 amide bonds. The number of hydrogen-bond donors (Lipinski definition) is 2. The number of alkyl halides is 3. The van der Waals surface area contributed by atoms with Crippen molar-refractivity contribution >= 4 is 18.3 Å². The zero-order valence-corrected chi connectivity index (χ0v) is 11.7. The third kappa shape index (κ3) is 7.62. The number of hydrogen-bond acceptors (Lipinski definition) is 2. The Bertz CT molecular complexity index is 268. The van der Waals surface area contributed by atoms with E-state index in [0.717, 1.165) is 25.7 Å². The van der Waals surface area contributed by atoms with Gasteiger partial charge in [0.2, 0.25) is 5.91 Å². The van der Waals surface area contributed by atoms with Gasteiger partial charge in [0.05, 0.1) is 6.42 Å². The number of rotatable bonds is 5. The highest BCUT2D eigenvalue weighted by molar-refractivity contribution is 5.85. The van der Waals surface area contributed by atoms with Crippen molar-refractivity contribution in [2.45, 2.75) is 57.2 Å². The van der Waals surface area contributed by atoms with Crippen molar-refractivity contribution in [3.8, 4) is 0 Å². The average Bonchev–Trinajstić information content (AvgIpc) is 2.33. The van der Waals surface area contributed by atoms with Gasteiger partial charge in [-0.05, 0) is 18.8 Å². The van der Waals surface area contributed by atoms with Gasteiger partial charge < -0.3 is 11.1 Å². The minimum Gasteiger partial charge on any atom is -0.352 e. The van der Waals surface area contributed by atoms with E-state index in [4.69, 9.17) is 5.73 Å². The molecule has 0 radical (unpaired) electrons. The molecular weight excluding hydrogens is 281 g/mol. The topological polar surface area (TPSA) is 55.1 Å². The molecule has 3 N–H and O–H groups in total. The SMILES string of the molecule is Cl.NCC(NC(=O)CCC(F)(F)F)C1CCCCC1. The van der Waals surface area contributed by atoms with Gasteiger partial charge in [-0.25, -0.2) is 0 Å². The summed E-state index contributed by atoms with van der Waals surface area (Å²) >= 11 is 0. The minimum absolute atomic E-state index is 0. The van der Waals surface area contributed by atoms with E-state index in [2.05, 4.69) is 5.32 Å². The Balaban J connectivity index is 0.00000324. The van der Waals surface area contributed by atoms with Crippen LogP contribution in [-0.4, -0.2) is 24.7 Å². The summed E-state index contributed by atoms with van der Waals surface area (Å²) in [5.74, 6) is -0.230. The van der Waals surface area contributed by atoms with Crippen LogP contribution in [0, 0.1) is 5.92 Å². The van der Waals surface area contributed by atoms with Crippen LogP contribution < -0.4 is 11.1 Å². The zero-order valence-electron chi connectivity index (χ0n) is 10.8. The quantitative estimate of drug-likeness (QED) is 0.820. The second-order valence-electron chi connectivity index (χ2n) is 4.92. The van der Waals surface area contributed by atoms with E-state index >= 15 is 0 Å². The maximum absolute atomic E-state index is 12.0. The van der Waals surface area contributed by atoms with E-state index in [1.54, 1.807) is 0 Å². The average molecular weight is 303 g/mol. The summed E-state index contributed by atoms with van der Waals surface area (Å²) in [5, 5.41) is 2.65. The molecule has 0 aliphatic heterocycles. The molecule has 1 aliphatic carbocycles. The van der Waals surface area contributed by atoms with Crippen molar-refractivity contribution < 1.29 is 18.0 Å². The van der Waals surface area contributed by atoms with Crippen molar-refractivity contribution in [3.63, 3.8) is 0 Å². The predicted octanol–water partition coefficient (Wildman–Crippen LogP) is 2.77. The Morgan fingerprint density at radius 3 is 2.32 bits per heavy atom. The molecule has 0 saturated heterocycles. The number of amides is 1. The van der Waals surface area contributed by atoms with E-state index in [1.807, 2.05) is 0 Å². The van der Waals surface area contributed by atoms with Crippen LogP contribution in [0.4, 0.5) is 13.2 Å². The van der Waals surface area contributed by atoms with Gasteiger partial charge in [0, 0.05) is 19.0 Å². The van der Waals surface area contributed by atoms with Crippen molar-refractivity contribution in [2.24, 2.45) is 11.7 Å². The summed E-state index contributed by atoms with van der Waals surface area (Å²) in [5.41, 5.74) is 5.60. The lowest BCUT2D eigenvalue weighted by Gasteiger charge is -2.30. The Hall–Kier alpha value is -0.490. The Morgan fingerprint density at radius 2 is 1.84 bits per heavy atom. The van der Waals surface area contributed by atoms with Crippen LogP contribution in [0.15, 0.2) is 0 Å². The molecule has 19 heavy (non-hydrogen) atoms. The van der Waals surface area contributed by atoms with Gasteiger partial charge in [0.15, 0.2) is 0 Å². The number of nitrogens with two attached hydrogens (primary N) is 1. The molecule has 0 aromatic carbocycles. The zero-order chi connectivity index (χ0) is 13.6. The van der Waals surface area contributed by atoms with Crippen LogP contribution in [0.25, 0.3) is 0 Å². The maximum Gasteiger partial charge on any atom is 0.389 e. The largest absolute Gasteiger partial charge is 0.389 e. The first-order chi connectivity index (χ1) is 8.42. The van der Waals surface area contributed by atoms with E-state index in [9.17, 15) is 18.0 Å². The first-order valence-electron chi connectivity index (χ1n) is 6.48. The third-order valence-corrected chi connectivity index (χ3v) is 3.45. The first kappa shape index (κ1) is 18.5. The molecule has 7 heteroatoms. The summed E-state index contributed by atoms with van der Waals surface area (Å²) in [6.45, 7) is 0.294. The lowest BCUT2D eigenvalue weighted by Crippen LogP contribution is -2.46. The summed E-state index contributed by atoms with van der Waals surface area (Å²) in [6, 6.07) is -0.175. The number of nitrogens with one attached hydrogen (secondary N) is 1. The highest BCUT2D eigenvalue weighted by Crippen LogP contribution is 2.26. The van der Waals surface area contributed by atoms with E-state index < -0.39 is 24.9 Å². The number of carbonyl (C=O) groups is 1. The van der Waals surface area contributed by atoms with Crippen LogP contribution in [0.2, 0.25) is 0 Å². The molecule has 1 aliphatic rings. The molecule has 1 unspecified atom stereocenters. The molecule has 0 heterocycles. The Kier molecular flexibility index (Phi) is 8.41. The van der Waals surface area contributed by atoms with Crippen molar-refractivity contribution in [1.29, 1.82) is 0 Å². The monoisotopic (exact) mass is 302 g/mol. The van der Waals surface area contributed by atoms with Crippen LogP contribution >= 0.6 is 12.4 Å². The van der Waals surface area contributed by atoms with Gasteiger partial charge >= 0.3 is 6.18 Å². The second kappa shape index (κ2) is 8.64. The smallest absolute Gasteiger partial charge is 0.352 e. The van der Waals surface area contributed by atoms with Crippen LogP contribution in [0.5, 0.6) is 0 Å². The summed E-state index contributed by atoms with van der Waals surface area (Å²) < 4.78 is 36.0. The van der Waals surface area contributed by atoms with Crippen molar-refractivity contribution in [1.82, 2.24) is 5.32 Å². The van der Waals surface area contributed by atoms with Gasteiger partial charge in [-0.15, -0.1) is 12.4 Å². The predicted molar refractivity (Wildman–Crippen MR) is 70.1 cm³/mol. The molecule has 0 aromatic heterocycles. The van der Waals surface area contributed by atoms with Gasteiger partial charge in [-0.3, -0.25) is 4.79 Å². The van der Waals surface area contributed by atoms with E-state index in [0.29, 0.717) is 12.5 Å². The molecule has 1 fully saturated rings. The molecule has 3 nitrogen and oxygen atoms in total. The summed E-state index contributed by atoms with van der Waals surface area (Å²) in [6.07, 6.45) is -0.439. The van der Waals surface area contributed by atoms with Crippen molar-refractivity contribution in [3.05, 3.63) is 0 Å². The molecule has 0 bridgehead atoms. The fourth-order valence-electron chi connectivity index (χ4n) is 2.44.